The normalized spacial score (nSPS) is 16.3. The second-order valence-corrected chi connectivity index (χ2v) is 10.4. The number of nitrogens with two attached hydrogens (primary N) is 1. The Labute approximate surface area is 133 Å². The molecule has 2 rings (SSSR count). The van der Waals surface area contributed by atoms with Gasteiger partial charge in [0, 0.05) is 0 Å². The molecule has 99 valence electrons. The molecule has 0 amide bonds. The average Bonchev–Trinajstić information content (AvgIpc) is 2.36. The Morgan fingerprint density at radius 2 is 1.53 bits per heavy atom. The third-order valence-corrected chi connectivity index (χ3v) is 5.52. The van der Waals surface area contributed by atoms with Crippen molar-refractivity contribution in [2.75, 3.05) is 0 Å². The van der Waals surface area contributed by atoms with Gasteiger partial charge in [0.2, 0.25) is 0 Å². The monoisotopic (exact) mass is 378 g/mol. The Morgan fingerprint density at radius 3 is 2.00 bits per heavy atom. The Balaban J connectivity index is 2.53. The first-order chi connectivity index (χ1) is 8.99. The SMILES string of the molecule is C[CH]([Sn])SC(C)c1cc2ccccc2cc1C(C)N. The molecule has 0 saturated carbocycles. The third-order valence-electron chi connectivity index (χ3n) is 3.29. The zero-order valence-corrected chi connectivity index (χ0v) is 15.4. The standard InChI is InChI=1S/C16H20NS.Sn/c1-4-18-12(3)16-10-14-8-6-5-7-13(14)9-15(16)11(2)17;/h4-12H,17H2,1-3H3;. The summed E-state index contributed by atoms with van der Waals surface area (Å²) in [5, 5.41) is 3.09. The van der Waals surface area contributed by atoms with Crippen LogP contribution in [0.3, 0.4) is 0 Å². The van der Waals surface area contributed by atoms with Crippen molar-refractivity contribution in [1.29, 1.82) is 0 Å². The summed E-state index contributed by atoms with van der Waals surface area (Å²) in [5.74, 6) is 0. The van der Waals surface area contributed by atoms with Gasteiger partial charge < -0.3 is 0 Å². The van der Waals surface area contributed by atoms with Gasteiger partial charge in [-0.25, -0.2) is 0 Å². The second kappa shape index (κ2) is 6.51. The maximum absolute atomic E-state index is 6.17. The molecule has 0 fully saturated rings. The topological polar surface area (TPSA) is 26.0 Å². The molecule has 1 nitrogen and oxygen atoms in total. The molecule has 0 saturated heterocycles. The van der Waals surface area contributed by atoms with E-state index in [1.807, 2.05) is 11.8 Å². The van der Waals surface area contributed by atoms with Crippen LogP contribution in [0.25, 0.3) is 10.8 Å². The van der Waals surface area contributed by atoms with Gasteiger partial charge in [-0.2, -0.15) is 0 Å². The molecular formula is C16H20NSSn. The van der Waals surface area contributed by atoms with E-state index < -0.39 is 0 Å². The molecule has 2 N–H and O–H groups in total. The third kappa shape index (κ3) is 3.67. The van der Waals surface area contributed by atoms with Crippen molar-refractivity contribution in [2.24, 2.45) is 5.73 Å². The van der Waals surface area contributed by atoms with Gasteiger partial charge in [-0.05, 0) is 0 Å². The zero-order valence-electron chi connectivity index (χ0n) is 11.7. The molecular weight excluding hydrogens is 357 g/mol. The first-order valence-corrected chi connectivity index (χ1v) is 9.23. The molecule has 3 atom stereocenters. The van der Waals surface area contributed by atoms with Gasteiger partial charge in [0.25, 0.3) is 0 Å². The summed E-state index contributed by atoms with van der Waals surface area (Å²) in [6.07, 6.45) is 0. The quantitative estimate of drug-likeness (QED) is 0.810. The van der Waals surface area contributed by atoms with Crippen molar-refractivity contribution in [3.63, 3.8) is 0 Å². The number of hydrogen-bond donors (Lipinski definition) is 1. The molecule has 0 aliphatic carbocycles. The molecule has 0 bridgehead atoms. The summed E-state index contributed by atoms with van der Waals surface area (Å²) in [6.45, 7) is 6.65. The van der Waals surface area contributed by atoms with Gasteiger partial charge in [0.1, 0.15) is 0 Å². The van der Waals surface area contributed by atoms with Crippen LogP contribution in [0.5, 0.6) is 0 Å². The predicted molar refractivity (Wildman–Crippen MR) is 87.8 cm³/mol. The van der Waals surface area contributed by atoms with Crippen molar-refractivity contribution in [1.82, 2.24) is 0 Å². The maximum atomic E-state index is 6.17. The van der Waals surface area contributed by atoms with Gasteiger partial charge in [0.05, 0.1) is 0 Å². The Kier molecular flexibility index (Phi) is 5.21. The molecule has 3 heteroatoms. The minimum atomic E-state index is 0.0859. The molecule has 0 heterocycles. The Morgan fingerprint density at radius 1 is 1.00 bits per heavy atom. The molecule has 2 aromatic carbocycles. The van der Waals surface area contributed by atoms with E-state index in [0.29, 0.717) is 5.25 Å². The van der Waals surface area contributed by atoms with E-state index in [2.05, 4.69) is 57.2 Å². The van der Waals surface area contributed by atoms with Crippen LogP contribution in [0.2, 0.25) is 0 Å². The Hall–Kier alpha value is -0.191. The molecule has 3 unspecified atom stereocenters. The van der Waals surface area contributed by atoms with Crippen molar-refractivity contribution in [3.8, 4) is 0 Å². The first-order valence-electron chi connectivity index (χ1n) is 6.63. The molecule has 0 spiro atoms. The van der Waals surface area contributed by atoms with Gasteiger partial charge in [0.15, 0.2) is 0 Å². The second-order valence-electron chi connectivity index (χ2n) is 5.04. The summed E-state index contributed by atoms with van der Waals surface area (Å²) in [5.41, 5.74) is 8.85. The fourth-order valence-corrected chi connectivity index (χ4v) is 5.11. The van der Waals surface area contributed by atoms with Crippen LogP contribution in [-0.2, 0) is 0 Å². The zero-order chi connectivity index (χ0) is 14.0. The first kappa shape index (κ1) is 15.2. The van der Waals surface area contributed by atoms with Crippen LogP contribution in [0.15, 0.2) is 36.4 Å². The fourth-order valence-electron chi connectivity index (χ4n) is 2.40. The minimum absolute atomic E-state index is 0.0859. The molecule has 3 radical (unpaired) electrons. The molecule has 19 heavy (non-hydrogen) atoms. The Bertz CT molecular complexity index is 566. The summed E-state index contributed by atoms with van der Waals surface area (Å²) >= 11 is 3.62. The molecule has 0 aromatic heterocycles. The summed E-state index contributed by atoms with van der Waals surface area (Å²) in [4.78, 5) is 0. The van der Waals surface area contributed by atoms with E-state index in [4.69, 9.17) is 5.73 Å². The van der Waals surface area contributed by atoms with Crippen molar-refractivity contribution >= 4 is 45.1 Å². The average molecular weight is 377 g/mol. The number of thioether (sulfide) groups is 1. The van der Waals surface area contributed by atoms with Gasteiger partial charge in [-0.3, -0.25) is 0 Å². The van der Waals surface area contributed by atoms with E-state index >= 15 is 0 Å². The molecule has 0 aliphatic heterocycles. The van der Waals surface area contributed by atoms with Crippen LogP contribution in [0.1, 0.15) is 43.2 Å². The van der Waals surface area contributed by atoms with Crippen LogP contribution in [0, 0.1) is 0 Å². The van der Waals surface area contributed by atoms with E-state index in [1.54, 1.807) is 22.5 Å². The van der Waals surface area contributed by atoms with Crippen LogP contribution in [-0.4, -0.2) is 25.8 Å². The van der Waals surface area contributed by atoms with Crippen molar-refractivity contribution < 1.29 is 0 Å². The summed E-state index contributed by atoms with van der Waals surface area (Å²) in [6, 6.07) is 13.2. The van der Waals surface area contributed by atoms with Crippen LogP contribution in [0.4, 0.5) is 0 Å². The summed E-state index contributed by atoms with van der Waals surface area (Å²) in [7, 11) is 0. The number of rotatable bonds is 4. The van der Waals surface area contributed by atoms with E-state index in [1.165, 1.54) is 21.9 Å². The molecule has 0 aliphatic rings. The molecule has 2 aromatic rings. The number of fused-ring (bicyclic) bond motifs is 1. The van der Waals surface area contributed by atoms with Crippen molar-refractivity contribution in [2.45, 2.75) is 35.3 Å². The van der Waals surface area contributed by atoms with E-state index in [-0.39, 0.29) is 6.04 Å². The van der Waals surface area contributed by atoms with Gasteiger partial charge >= 0.3 is 134 Å². The number of hydrogen-bond acceptors (Lipinski definition) is 2. The van der Waals surface area contributed by atoms with Gasteiger partial charge in [-0.15, -0.1) is 0 Å². The fraction of sp³-hybridized carbons (Fsp3) is 0.375. The van der Waals surface area contributed by atoms with E-state index in [9.17, 15) is 0 Å². The van der Waals surface area contributed by atoms with Crippen LogP contribution < -0.4 is 5.73 Å². The van der Waals surface area contributed by atoms with Gasteiger partial charge in [-0.1, -0.05) is 0 Å². The van der Waals surface area contributed by atoms with Crippen molar-refractivity contribution in [3.05, 3.63) is 47.5 Å². The number of benzene rings is 2. The summed E-state index contributed by atoms with van der Waals surface area (Å²) < 4.78 is 0.717. The van der Waals surface area contributed by atoms with E-state index in [0.717, 1.165) is 3.27 Å². The van der Waals surface area contributed by atoms with Crippen LogP contribution >= 0.6 is 11.8 Å². The predicted octanol–water partition coefficient (Wildman–Crippen LogP) is 4.17.